The van der Waals surface area contributed by atoms with E-state index in [0.717, 1.165) is 84.4 Å². The molecule has 0 heterocycles. The number of ketones is 2. The minimum absolute atomic E-state index is 0.0353. The van der Waals surface area contributed by atoms with Crippen LogP contribution in [0.4, 0.5) is 0 Å². The monoisotopic (exact) mass is 742 g/mol. The van der Waals surface area contributed by atoms with Crippen LogP contribution in [0.15, 0.2) is 59.7 Å². The highest BCUT2D eigenvalue weighted by Gasteiger charge is 2.63. The molecule has 52 heavy (non-hydrogen) atoms. The Bertz CT molecular complexity index is 1640. The van der Waals surface area contributed by atoms with E-state index in [1.54, 1.807) is 0 Å². The summed E-state index contributed by atoms with van der Waals surface area (Å²) >= 11 is 0. The van der Waals surface area contributed by atoms with Crippen LogP contribution in [0, 0.1) is 34.0 Å². The molecule has 3 aliphatic carbocycles. The molecule has 3 aliphatic rings. The quantitative estimate of drug-likeness (QED) is 0.110. The molecule has 3 saturated carbocycles. The van der Waals surface area contributed by atoms with Crippen molar-refractivity contribution in [3.8, 4) is 11.5 Å². The van der Waals surface area contributed by atoms with Gasteiger partial charge < -0.3 is 13.6 Å². The van der Waals surface area contributed by atoms with Gasteiger partial charge in [0.05, 0.1) is 13.2 Å². The summed E-state index contributed by atoms with van der Waals surface area (Å²) in [7, 11) is -3.69. The second-order valence-corrected chi connectivity index (χ2v) is 28.0. The van der Waals surface area contributed by atoms with Crippen LogP contribution in [-0.2, 0) is 13.7 Å². The first-order valence-electron chi connectivity index (χ1n) is 19.9. The number of allylic oxidation sites excluding steroid dienone is 2. The van der Waals surface area contributed by atoms with E-state index in [0.29, 0.717) is 36.6 Å². The molecular weight excluding hydrogens is 677 g/mol. The smallest absolute Gasteiger partial charge is 0.173 e. The molecule has 0 N–H and O–H groups in total. The topological polar surface area (TPSA) is 61.8 Å². The zero-order valence-corrected chi connectivity index (χ0v) is 36.1. The van der Waals surface area contributed by atoms with Gasteiger partial charge in [0.2, 0.25) is 0 Å². The van der Waals surface area contributed by atoms with Crippen LogP contribution in [0.25, 0.3) is 12.2 Å². The van der Waals surface area contributed by atoms with Crippen molar-refractivity contribution >= 4 is 40.4 Å². The molecule has 0 saturated heterocycles. The molecule has 0 aromatic heterocycles. The van der Waals surface area contributed by atoms with Crippen molar-refractivity contribution in [1.29, 1.82) is 0 Å². The minimum atomic E-state index is -1.84. The lowest BCUT2D eigenvalue weighted by Crippen LogP contribution is -2.44. The van der Waals surface area contributed by atoms with E-state index in [9.17, 15) is 9.59 Å². The van der Waals surface area contributed by atoms with Crippen LogP contribution in [-0.4, -0.2) is 41.4 Å². The zero-order valence-electron chi connectivity index (χ0n) is 34.1. The lowest BCUT2D eigenvalue weighted by atomic mass is 9.66. The van der Waals surface area contributed by atoms with Crippen LogP contribution in [0.5, 0.6) is 11.5 Å². The SMILES string of the molecule is CC1CCC(C(C)(C)C)/C(=C\c2ccc(OCCC[Si](C)(C)O[Si](C)(C)CCCOc3ccc(/C=C4/C(=O)C5(C)CCC4C5(C)C)cc3)cc2)C1=O. The summed E-state index contributed by atoms with van der Waals surface area (Å²) in [5.74, 6) is 3.14. The molecule has 2 bridgehead atoms. The molecule has 2 aromatic carbocycles. The third-order valence-corrected chi connectivity index (χ3v) is 20.3. The Morgan fingerprint density at radius 2 is 1.21 bits per heavy atom. The van der Waals surface area contributed by atoms with Gasteiger partial charge in [-0.3, -0.25) is 9.59 Å². The zero-order chi connectivity index (χ0) is 38.1. The molecule has 5 rings (SSSR count). The fourth-order valence-corrected chi connectivity index (χ4v) is 18.0. The maximum absolute atomic E-state index is 13.2. The van der Waals surface area contributed by atoms with Crippen molar-refractivity contribution < 1.29 is 23.2 Å². The number of carbonyl (C=O) groups is 2. The van der Waals surface area contributed by atoms with E-state index in [-0.39, 0.29) is 22.2 Å². The number of hydrogen-bond acceptors (Lipinski definition) is 5. The molecule has 2 aromatic rings. The summed E-state index contributed by atoms with van der Waals surface area (Å²) in [5.41, 5.74) is 4.01. The molecular formula is C45H66O5Si2. The van der Waals surface area contributed by atoms with Gasteiger partial charge in [0, 0.05) is 11.3 Å². The fourth-order valence-electron chi connectivity index (χ4n) is 9.23. The molecule has 4 unspecified atom stereocenters. The van der Waals surface area contributed by atoms with Gasteiger partial charge in [0.25, 0.3) is 0 Å². The highest BCUT2D eigenvalue weighted by atomic mass is 28.4. The minimum Gasteiger partial charge on any atom is -0.494 e. The van der Waals surface area contributed by atoms with Crippen molar-refractivity contribution in [2.75, 3.05) is 13.2 Å². The van der Waals surface area contributed by atoms with Crippen LogP contribution < -0.4 is 9.47 Å². The van der Waals surface area contributed by atoms with Crippen LogP contribution >= 0.6 is 0 Å². The van der Waals surface area contributed by atoms with E-state index in [4.69, 9.17) is 13.6 Å². The van der Waals surface area contributed by atoms with E-state index in [1.165, 1.54) is 0 Å². The Morgan fingerprint density at radius 3 is 1.65 bits per heavy atom. The number of benzene rings is 2. The van der Waals surface area contributed by atoms with Gasteiger partial charge in [-0.2, -0.15) is 0 Å². The van der Waals surface area contributed by atoms with Crippen LogP contribution in [0.1, 0.15) is 98.1 Å². The standard InChI is InChI=1S/C45H66O5Si2/c1-32-14-23-39(43(2,3)4)37(41(32)46)30-33-15-19-35(20-16-33)48-26-12-28-51(8,9)50-52(10,11)29-13-27-49-36-21-17-34(18-22-36)31-38-40-24-25-45(7,42(38)47)44(40,5)6/h15-22,30-32,39-40H,12-14,23-29H2,1-11H3/b37-30+,38-31+. The number of Topliss-reactive ketones (excluding diaryl/α,β-unsaturated/α-hetero) is 2. The first-order chi connectivity index (χ1) is 24.2. The van der Waals surface area contributed by atoms with Crippen LogP contribution in [0.2, 0.25) is 38.3 Å². The van der Waals surface area contributed by atoms with E-state index < -0.39 is 16.6 Å². The van der Waals surface area contributed by atoms with E-state index in [2.05, 4.69) is 111 Å². The van der Waals surface area contributed by atoms with Gasteiger partial charge in [-0.25, -0.2) is 0 Å². The summed E-state index contributed by atoms with van der Waals surface area (Å²) in [6.07, 6.45) is 10.3. The molecule has 3 fully saturated rings. The lowest BCUT2D eigenvalue weighted by Gasteiger charge is -2.37. The Kier molecular flexibility index (Phi) is 12.1. The average molecular weight is 743 g/mol. The summed E-state index contributed by atoms with van der Waals surface area (Å²) < 4.78 is 19.2. The Hall–Kier alpha value is -2.75. The third kappa shape index (κ3) is 9.13. The number of ether oxygens (including phenoxy) is 2. The first-order valence-corrected chi connectivity index (χ1v) is 26.1. The Labute approximate surface area is 317 Å². The van der Waals surface area contributed by atoms with Gasteiger partial charge in [-0.15, -0.1) is 0 Å². The van der Waals surface area contributed by atoms with Crippen LogP contribution in [0.3, 0.4) is 0 Å². The van der Waals surface area contributed by atoms with Crippen molar-refractivity contribution in [1.82, 2.24) is 0 Å². The van der Waals surface area contributed by atoms with E-state index >= 15 is 0 Å². The maximum Gasteiger partial charge on any atom is 0.173 e. The molecule has 284 valence electrons. The molecule has 0 spiro atoms. The molecule has 4 atom stereocenters. The van der Waals surface area contributed by atoms with Gasteiger partial charge >= 0.3 is 0 Å². The molecule has 5 nitrogen and oxygen atoms in total. The summed E-state index contributed by atoms with van der Waals surface area (Å²) in [4.78, 5) is 26.3. The predicted octanol–water partition coefficient (Wildman–Crippen LogP) is 11.8. The van der Waals surface area contributed by atoms with E-state index in [1.807, 2.05) is 24.3 Å². The molecule has 7 heteroatoms. The first kappa shape index (κ1) is 40.4. The lowest BCUT2D eigenvalue weighted by molar-refractivity contribution is -0.125. The summed E-state index contributed by atoms with van der Waals surface area (Å²) in [6.45, 7) is 26.2. The highest BCUT2D eigenvalue weighted by molar-refractivity contribution is 6.84. The van der Waals surface area contributed by atoms with Gasteiger partial charge in [0.1, 0.15) is 11.5 Å². The highest BCUT2D eigenvalue weighted by Crippen LogP contribution is 2.65. The van der Waals surface area contributed by atoms with Gasteiger partial charge in [-0.05, 0) is 158 Å². The average Bonchev–Trinajstić information content (AvgIpc) is 3.37. The van der Waals surface area contributed by atoms with Crippen molar-refractivity contribution in [2.24, 2.45) is 34.0 Å². The summed E-state index contributed by atoms with van der Waals surface area (Å²) in [5, 5.41) is 0. The second kappa shape index (κ2) is 15.5. The Balaban J connectivity index is 1.02. The number of rotatable bonds is 14. The second-order valence-electron chi connectivity index (χ2n) is 19.1. The number of fused-ring (bicyclic) bond motifs is 2. The summed E-state index contributed by atoms with van der Waals surface area (Å²) in [6, 6.07) is 18.5. The normalized spacial score (nSPS) is 26.4. The number of carbonyl (C=O) groups excluding carboxylic acids is 2. The molecule has 0 aliphatic heterocycles. The molecule has 0 amide bonds. The van der Waals surface area contributed by atoms with Crippen molar-refractivity contribution in [3.63, 3.8) is 0 Å². The third-order valence-electron chi connectivity index (χ3n) is 12.7. The van der Waals surface area contributed by atoms with Gasteiger partial charge in [-0.1, -0.05) is 72.7 Å². The maximum atomic E-state index is 13.2. The molecule has 0 radical (unpaired) electrons. The fraction of sp³-hybridized carbons (Fsp3) is 0.600. The number of hydrogen-bond donors (Lipinski definition) is 0. The largest absolute Gasteiger partial charge is 0.494 e. The van der Waals surface area contributed by atoms with Crippen molar-refractivity contribution in [3.05, 3.63) is 70.8 Å². The predicted molar refractivity (Wildman–Crippen MR) is 221 cm³/mol. The Morgan fingerprint density at radius 1 is 0.731 bits per heavy atom. The van der Waals surface area contributed by atoms with Gasteiger partial charge in [0.15, 0.2) is 28.2 Å². The van der Waals surface area contributed by atoms with Crippen molar-refractivity contribution in [2.45, 2.75) is 125 Å².